The predicted octanol–water partition coefficient (Wildman–Crippen LogP) is 1.15. The molecule has 1 atom stereocenters. The van der Waals surface area contributed by atoms with E-state index in [1.807, 2.05) is 21.7 Å². The molecule has 2 N–H and O–H groups in total. The number of nitrogens with one attached hydrogen (secondary N) is 2. The Hall–Kier alpha value is -1.93. The van der Waals surface area contributed by atoms with Crippen LogP contribution in [-0.4, -0.2) is 60.5 Å². The summed E-state index contributed by atoms with van der Waals surface area (Å²) in [5.74, 6) is 0.0971. The predicted molar refractivity (Wildman–Crippen MR) is 100 cm³/mol. The fraction of sp³-hybridized carbons (Fsp3) is 0.632. The molecule has 146 valence electrons. The van der Waals surface area contributed by atoms with Gasteiger partial charge in [-0.15, -0.1) is 0 Å². The normalized spacial score (nSPS) is 31.0. The van der Waals surface area contributed by atoms with Crippen molar-refractivity contribution < 1.29 is 19.1 Å². The van der Waals surface area contributed by atoms with Gasteiger partial charge in [0.1, 0.15) is 12.2 Å². The third-order valence-electron chi connectivity index (χ3n) is 5.94. The van der Waals surface area contributed by atoms with Crippen LogP contribution in [0, 0.1) is 5.92 Å². The molecule has 0 aromatic carbocycles. The molecule has 4 rings (SSSR count). The van der Waals surface area contributed by atoms with E-state index in [9.17, 15) is 14.4 Å². The van der Waals surface area contributed by atoms with E-state index in [-0.39, 0.29) is 36.3 Å². The molecule has 1 aromatic rings. The number of thiophene rings is 1. The van der Waals surface area contributed by atoms with Crippen LogP contribution < -0.4 is 10.6 Å². The zero-order valence-corrected chi connectivity index (χ0v) is 16.1. The van der Waals surface area contributed by atoms with Crippen LogP contribution in [0.2, 0.25) is 0 Å². The summed E-state index contributed by atoms with van der Waals surface area (Å²) in [6.45, 7) is 1.80. The molecule has 2 aliphatic heterocycles. The number of carbonyl (C=O) groups excluding carboxylic acids is 3. The summed E-state index contributed by atoms with van der Waals surface area (Å²) in [5, 5.41) is 9.68. The summed E-state index contributed by atoms with van der Waals surface area (Å²) in [6, 6.07) is 1.97. The summed E-state index contributed by atoms with van der Waals surface area (Å²) >= 11 is 1.51. The molecule has 1 aromatic heterocycles. The Labute approximate surface area is 162 Å². The highest BCUT2D eigenvalue weighted by molar-refractivity contribution is 7.08. The fourth-order valence-electron chi connectivity index (χ4n) is 4.28. The van der Waals surface area contributed by atoms with E-state index in [2.05, 4.69) is 10.6 Å². The van der Waals surface area contributed by atoms with Gasteiger partial charge in [-0.05, 0) is 43.6 Å². The molecule has 1 aliphatic carbocycles. The first kappa shape index (κ1) is 18.4. The van der Waals surface area contributed by atoms with Crippen molar-refractivity contribution in [2.24, 2.45) is 5.92 Å². The van der Waals surface area contributed by atoms with Gasteiger partial charge in [0.2, 0.25) is 11.8 Å². The zero-order valence-electron chi connectivity index (χ0n) is 15.2. The van der Waals surface area contributed by atoms with Crippen LogP contribution >= 0.6 is 11.3 Å². The van der Waals surface area contributed by atoms with Crippen molar-refractivity contribution in [2.45, 2.75) is 43.7 Å². The van der Waals surface area contributed by atoms with Crippen LogP contribution in [0.25, 0.3) is 0 Å². The molecule has 7 nitrogen and oxygen atoms in total. The van der Waals surface area contributed by atoms with Crippen molar-refractivity contribution in [3.63, 3.8) is 0 Å². The number of amides is 3. The SMILES string of the molecule is O=C1COC2(CCN(C(=O)C3CCC(NC(=O)c4ccsc4)CC3)C2)CN1. The molecule has 8 heteroatoms. The Morgan fingerprint density at radius 1 is 1.30 bits per heavy atom. The van der Waals surface area contributed by atoms with Crippen LogP contribution in [0.1, 0.15) is 42.5 Å². The molecule has 3 amide bonds. The van der Waals surface area contributed by atoms with E-state index in [1.54, 1.807) is 0 Å². The molecule has 3 heterocycles. The van der Waals surface area contributed by atoms with E-state index >= 15 is 0 Å². The lowest BCUT2D eigenvalue weighted by atomic mass is 9.85. The van der Waals surface area contributed by atoms with E-state index in [4.69, 9.17) is 4.74 Å². The van der Waals surface area contributed by atoms with E-state index in [0.717, 1.165) is 32.1 Å². The topological polar surface area (TPSA) is 87.7 Å². The van der Waals surface area contributed by atoms with Gasteiger partial charge in [-0.3, -0.25) is 14.4 Å². The first-order valence-electron chi connectivity index (χ1n) is 9.57. The molecule has 1 saturated carbocycles. The van der Waals surface area contributed by atoms with Gasteiger partial charge in [0, 0.05) is 36.0 Å². The lowest BCUT2D eigenvalue weighted by Gasteiger charge is -2.34. The van der Waals surface area contributed by atoms with Gasteiger partial charge >= 0.3 is 0 Å². The maximum absolute atomic E-state index is 12.9. The monoisotopic (exact) mass is 391 g/mol. The standard InChI is InChI=1S/C19H25N3O4S/c23-16-9-26-19(11-20-16)6-7-22(12-19)18(25)13-1-3-15(4-2-13)21-17(24)14-5-8-27-10-14/h5,8,10,13,15H,1-4,6-7,9,11-12H2,(H,20,23)(H,21,24). The van der Waals surface area contributed by atoms with E-state index in [1.165, 1.54) is 11.3 Å². The summed E-state index contributed by atoms with van der Waals surface area (Å²) in [4.78, 5) is 38.3. The highest BCUT2D eigenvalue weighted by atomic mass is 32.1. The van der Waals surface area contributed by atoms with Crippen LogP contribution in [0.4, 0.5) is 0 Å². The molecule has 0 radical (unpaired) electrons. The van der Waals surface area contributed by atoms with E-state index < -0.39 is 5.60 Å². The average Bonchev–Trinajstić information content (AvgIpc) is 3.35. The molecule has 1 unspecified atom stereocenters. The van der Waals surface area contributed by atoms with Crippen molar-refractivity contribution in [1.82, 2.24) is 15.5 Å². The molecule has 3 fully saturated rings. The lowest BCUT2D eigenvalue weighted by Crippen LogP contribution is -2.54. The van der Waals surface area contributed by atoms with Crippen molar-refractivity contribution in [2.75, 3.05) is 26.2 Å². The average molecular weight is 391 g/mol. The van der Waals surface area contributed by atoms with Gasteiger partial charge in [-0.2, -0.15) is 11.3 Å². The number of ether oxygens (including phenoxy) is 1. The van der Waals surface area contributed by atoms with Crippen molar-refractivity contribution in [3.05, 3.63) is 22.4 Å². The molecule has 1 spiro atoms. The number of rotatable bonds is 3. The van der Waals surface area contributed by atoms with Crippen LogP contribution in [-0.2, 0) is 14.3 Å². The van der Waals surface area contributed by atoms with Gasteiger partial charge in [0.25, 0.3) is 5.91 Å². The van der Waals surface area contributed by atoms with Crippen molar-refractivity contribution in [3.8, 4) is 0 Å². The number of hydrogen-bond donors (Lipinski definition) is 2. The van der Waals surface area contributed by atoms with Crippen LogP contribution in [0.15, 0.2) is 16.8 Å². The first-order chi connectivity index (χ1) is 13.0. The lowest BCUT2D eigenvalue weighted by molar-refractivity contribution is -0.144. The largest absolute Gasteiger partial charge is 0.361 e. The van der Waals surface area contributed by atoms with Gasteiger partial charge in [-0.25, -0.2) is 0 Å². The molecular formula is C19H25N3O4S. The highest BCUT2D eigenvalue weighted by Crippen LogP contribution is 2.31. The van der Waals surface area contributed by atoms with Gasteiger partial charge < -0.3 is 20.3 Å². The summed E-state index contributed by atoms with van der Waals surface area (Å²) < 4.78 is 5.75. The highest BCUT2D eigenvalue weighted by Gasteiger charge is 2.45. The second kappa shape index (κ2) is 7.59. The molecular weight excluding hydrogens is 366 g/mol. The number of likely N-dealkylation sites (tertiary alicyclic amines) is 1. The number of carbonyl (C=O) groups is 3. The third-order valence-corrected chi connectivity index (χ3v) is 6.62. The van der Waals surface area contributed by atoms with E-state index in [0.29, 0.717) is 25.2 Å². The van der Waals surface area contributed by atoms with Crippen molar-refractivity contribution >= 4 is 29.1 Å². The Kier molecular flexibility index (Phi) is 5.19. The number of nitrogens with zero attached hydrogens (tertiary/aromatic N) is 1. The maximum Gasteiger partial charge on any atom is 0.252 e. The molecule has 27 heavy (non-hydrogen) atoms. The molecule has 3 aliphatic rings. The van der Waals surface area contributed by atoms with Crippen LogP contribution in [0.3, 0.4) is 0 Å². The Morgan fingerprint density at radius 2 is 2.11 bits per heavy atom. The Morgan fingerprint density at radius 3 is 2.78 bits per heavy atom. The fourth-order valence-corrected chi connectivity index (χ4v) is 4.92. The molecule has 2 saturated heterocycles. The minimum atomic E-state index is -0.407. The Bertz CT molecular complexity index is 703. The second-order valence-corrected chi connectivity index (χ2v) is 8.57. The quantitative estimate of drug-likeness (QED) is 0.809. The maximum atomic E-state index is 12.9. The Balaban J connectivity index is 1.25. The smallest absolute Gasteiger partial charge is 0.252 e. The summed E-state index contributed by atoms with van der Waals surface area (Å²) in [5.41, 5.74) is 0.301. The number of hydrogen-bond acceptors (Lipinski definition) is 5. The zero-order chi connectivity index (χ0) is 18.9. The van der Waals surface area contributed by atoms with Gasteiger partial charge in [0.15, 0.2) is 0 Å². The van der Waals surface area contributed by atoms with Gasteiger partial charge in [-0.1, -0.05) is 0 Å². The third kappa shape index (κ3) is 4.01. The molecule has 0 bridgehead atoms. The minimum Gasteiger partial charge on any atom is -0.361 e. The van der Waals surface area contributed by atoms with Gasteiger partial charge in [0.05, 0.1) is 6.54 Å². The first-order valence-corrected chi connectivity index (χ1v) is 10.5. The van der Waals surface area contributed by atoms with Crippen molar-refractivity contribution in [1.29, 1.82) is 0 Å². The number of morpholine rings is 1. The second-order valence-electron chi connectivity index (χ2n) is 7.79. The minimum absolute atomic E-state index is 0.0210. The summed E-state index contributed by atoms with van der Waals surface area (Å²) in [7, 11) is 0. The summed E-state index contributed by atoms with van der Waals surface area (Å²) in [6.07, 6.45) is 4.03. The van der Waals surface area contributed by atoms with Crippen LogP contribution in [0.5, 0.6) is 0 Å².